The number of nitriles is 1. The van der Waals surface area contributed by atoms with Crippen molar-refractivity contribution in [1.29, 1.82) is 10.7 Å². The van der Waals surface area contributed by atoms with Gasteiger partial charge in [0.2, 0.25) is 6.20 Å². The normalized spacial score (nSPS) is 8.31. The van der Waals surface area contributed by atoms with Crippen molar-refractivity contribution in [2.75, 3.05) is 7.11 Å². The van der Waals surface area contributed by atoms with Gasteiger partial charge in [-0.15, -0.1) is 4.57 Å². The van der Waals surface area contributed by atoms with Crippen LogP contribution in [0.25, 0.3) is 5.70 Å². The van der Waals surface area contributed by atoms with E-state index in [1.165, 1.54) is 4.57 Å². The van der Waals surface area contributed by atoms with Crippen LogP contribution in [0, 0.1) is 16.7 Å². The van der Waals surface area contributed by atoms with E-state index < -0.39 is 0 Å². The molecule has 1 heterocycles. The average molecular weight is 174 g/mol. The summed E-state index contributed by atoms with van der Waals surface area (Å²) >= 11 is 0. The number of nitrogens with one attached hydrogen (secondary N) is 1. The minimum Gasteiger partial charge on any atom is -0.491 e. The van der Waals surface area contributed by atoms with E-state index in [0.717, 1.165) is 0 Å². The molecule has 0 spiro atoms. The molecule has 1 rings (SSSR count). The number of pyridine rings is 1. The van der Waals surface area contributed by atoms with Crippen LogP contribution in [0.5, 0.6) is 5.75 Å². The van der Waals surface area contributed by atoms with Crippen molar-refractivity contribution in [3.63, 3.8) is 0 Å². The molecule has 13 heavy (non-hydrogen) atoms. The summed E-state index contributed by atoms with van der Waals surface area (Å²) in [4.78, 5) is 0. The number of nitrogens with zero attached hydrogens (tertiary/aromatic N) is 2. The van der Waals surface area contributed by atoms with Crippen molar-refractivity contribution in [3.8, 4) is 11.8 Å². The lowest BCUT2D eigenvalue weighted by Gasteiger charge is -1.95. The van der Waals surface area contributed by atoms with Crippen LogP contribution < -0.4 is 9.30 Å². The molecule has 1 N–H and O–H groups in total. The van der Waals surface area contributed by atoms with Gasteiger partial charge in [0.05, 0.1) is 13.0 Å². The third-order valence-electron chi connectivity index (χ3n) is 1.49. The number of allylic oxidation sites excluding steroid dienone is 1. The maximum absolute atomic E-state index is 8.61. The summed E-state index contributed by atoms with van der Waals surface area (Å²) in [6.45, 7) is 0. The van der Waals surface area contributed by atoms with Gasteiger partial charge in [0, 0.05) is 6.07 Å². The van der Waals surface area contributed by atoms with Gasteiger partial charge in [0.25, 0.3) is 0 Å². The van der Waals surface area contributed by atoms with Gasteiger partial charge in [-0.2, -0.15) is 5.26 Å². The smallest absolute Gasteiger partial charge is 0.351 e. The first kappa shape index (κ1) is 8.98. The molecule has 0 saturated carbocycles. The topological polar surface area (TPSA) is 60.8 Å². The van der Waals surface area contributed by atoms with E-state index in [9.17, 15) is 0 Å². The quantitative estimate of drug-likeness (QED) is 0.405. The van der Waals surface area contributed by atoms with Crippen LogP contribution in [-0.4, -0.2) is 13.0 Å². The van der Waals surface area contributed by atoms with Gasteiger partial charge in [-0.3, -0.25) is 5.41 Å². The summed E-state index contributed by atoms with van der Waals surface area (Å²) in [6.07, 6.45) is 3.27. The second kappa shape index (κ2) is 4.05. The largest absolute Gasteiger partial charge is 0.491 e. The molecule has 64 valence electrons. The molecular weight excluding hydrogens is 166 g/mol. The van der Waals surface area contributed by atoms with Crippen molar-refractivity contribution < 1.29 is 9.30 Å². The maximum Gasteiger partial charge on any atom is 0.351 e. The third-order valence-corrected chi connectivity index (χ3v) is 1.49. The van der Waals surface area contributed by atoms with E-state index in [1.807, 2.05) is 11.9 Å². The van der Waals surface area contributed by atoms with Gasteiger partial charge >= 0.3 is 5.70 Å². The minimum absolute atomic E-state index is 0.124. The van der Waals surface area contributed by atoms with Crippen LogP contribution in [0.15, 0.2) is 24.5 Å². The highest BCUT2D eigenvalue weighted by Gasteiger charge is 2.09. The third kappa shape index (κ3) is 1.92. The zero-order valence-electron chi connectivity index (χ0n) is 7.11. The predicted octanol–water partition coefficient (Wildman–Crippen LogP) is 0.596. The molecule has 0 aliphatic heterocycles. The van der Waals surface area contributed by atoms with E-state index in [2.05, 4.69) is 0 Å². The maximum atomic E-state index is 8.61. The second-order valence-corrected chi connectivity index (χ2v) is 2.24. The lowest BCUT2D eigenvalue weighted by atomic mass is 10.4. The lowest BCUT2D eigenvalue weighted by molar-refractivity contribution is -0.576. The summed E-state index contributed by atoms with van der Waals surface area (Å²) in [7, 11) is 1.54. The van der Waals surface area contributed by atoms with Crippen molar-refractivity contribution in [2.24, 2.45) is 0 Å². The Morgan fingerprint density at radius 3 is 3.00 bits per heavy atom. The van der Waals surface area contributed by atoms with E-state index >= 15 is 0 Å². The SMILES string of the molecule is COc1ccc[n+](C(=C=N)C#N)c1. The molecular formula is C9H8N3O+. The summed E-state index contributed by atoms with van der Waals surface area (Å²) in [5, 5.41) is 15.5. The monoisotopic (exact) mass is 174 g/mol. The Bertz CT molecular complexity index is 400. The molecule has 0 aliphatic rings. The molecule has 0 saturated heterocycles. The zero-order chi connectivity index (χ0) is 9.68. The van der Waals surface area contributed by atoms with Gasteiger partial charge in [-0.05, 0) is 6.07 Å². The van der Waals surface area contributed by atoms with E-state index in [1.54, 1.807) is 31.6 Å². The van der Waals surface area contributed by atoms with Crippen LogP contribution in [0.3, 0.4) is 0 Å². The molecule has 0 aromatic carbocycles. The number of hydrogen-bond acceptors (Lipinski definition) is 3. The standard InChI is InChI=1S/C9H8N3O/c1-13-9-3-2-4-12(7-9)8(5-10)6-11/h2-4,7,10H,1H3/q+1. The molecule has 1 aromatic rings. The summed E-state index contributed by atoms with van der Waals surface area (Å²) in [5.74, 6) is 2.66. The second-order valence-electron chi connectivity index (χ2n) is 2.24. The van der Waals surface area contributed by atoms with Crippen molar-refractivity contribution in [2.45, 2.75) is 0 Å². The number of methoxy groups -OCH3 is 1. The lowest BCUT2D eigenvalue weighted by Crippen LogP contribution is -2.30. The summed E-state index contributed by atoms with van der Waals surface area (Å²) in [5.41, 5.74) is 0.124. The van der Waals surface area contributed by atoms with E-state index in [-0.39, 0.29) is 5.70 Å². The molecule has 4 heteroatoms. The molecule has 0 fully saturated rings. The van der Waals surface area contributed by atoms with Crippen LogP contribution in [-0.2, 0) is 0 Å². The number of rotatable bonds is 2. The van der Waals surface area contributed by atoms with E-state index in [4.69, 9.17) is 15.4 Å². The summed E-state index contributed by atoms with van der Waals surface area (Å²) < 4.78 is 6.44. The Hall–Kier alpha value is -2.11. The average Bonchev–Trinajstić information content (AvgIpc) is 2.20. The van der Waals surface area contributed by atoms with Gasteiger partial charge in [0.15, 0.2) is 18.0 Å². The highest BCUT2D eigenvalue weighted by atomic mass is 16.5. The Morgan fingerprint density at radius 2 is 2.46 bits per heavy atom. The van der Waals surface area contributed by atoms with E-state index in [0.29, 0.717) is 5.75 Å². The van der Waals surface area contributed by atoms with Crippen molar-refractivity contribution >= 4 is 11.6 Å². The first-order valence-electron chi connectivity index (χ1n) is 3.57. The number of hydrogen-bond donors (Lipinski definition) is 1. The molecule has 0 atom stereocenters. The van der Waals surface area contributed by atoms with Crippen LogP contribution in [0.2, 0.25) is 0 Å². The molecule has 0 aliphatic carbocycles. The highest BCUT2D eigenvalue weighted by Crippen LogP contribution is 2.04. The van der Waals surface area contributed by atoms with Crippen LogP contribution in [0.4, 0.5) is 0 Å². The molecule has 1 aromatic heterocycles. The molecule has 0 unspecified atom stereocenters. The fraction of sp³-hybridized carbons (Fsp3) is 0.111. The first-order chi connectivity index (χ1) is 6.31. The van der Waals surface area contributed by atoms with Crippen LogP contribution in [0.1, 0.15) is 0 Å². The first-order valence-corrected chi connectivity index (χ1v) is 3.57. The fourth-order valence-corrected chi connectivity index (χ4v) is 0.864. The van der Waals surface area contributed by atoms with Gasteiger partial charge < -0.3 is 4.74 Å². The van der Waals surface area contributed by atoms with Crippen LogP contribution >= 0.6 is 0 Å². The molecule has 0 radical (unpaired) electrons. The minimum atomic E-state index is 0.124. The number of aromatic nitrogens is 1. The van der Waals surface area contributed by atoms with Crippen molar-refractivity contribution in [3.05, 3.63) is 24.5 Å². The Balaban J connectivity index is 3.17. The molecule has 4 nitrogen and oxygen atoms in total. The van der Waals surface area contributed by atoms with Crippen molar-refractivity contribution in [1.82, 2.24) is 0 Å². The van der Waals surface area contributed by atoms with Gasteiger partial charge in [-0.1, -0.05) is 0 Å². The van der Waals surface area contributed by atoms with Gasteiger partial charge in [0.1, 0.15) is 0 Å². The van der Waals surface area contributed by atoms with Gasteiger partial charge in [-0.25, -0.2) is 0 Å². The highest BCUT2D eigenvalue weighted by molar-refractivity contribution is 5.80. The number of ether oxygens (including phenoxy) is 1. The molecule has 0 amide bonds. The fourth-order valence-electron chi connectivity index (χ4n) is 0.864. The Labute approximate surface area is 75.8 Å². The Kier molecular flexibility index (Phi) is 2.80. The Morgan fingerprint density at radius 1 is 1.69 bits per heavy atom. The predicted molar refractivity (Wildman–Crippen MR) is 46.2 cm³/mol. The molecule has 0 bridgehead atoms. The summed E-state index contributed by atoms with van der Waals surface area (Å²) in [6, 6.07) is 5.33. The zero-order valence-corrected chi connectivity index (χ0v) is 7.11.